The molecule has 1 atom stereocenters. The SMILES string of the molecule is COc1cc2c(cc1OC)[C@H](NC(=O)c1ccc3nccnc3c1)CC2. The molecule has 3 aromatic rings. The first kappa shape index (κ1) is 16.3. The van der Waals surface area contributed by atoms with Gasteiger partial charge in [-0.25, -0.2) is 0 Å². The molecule has 132 valence electrons. The molecular formula is C20H19N3O3. The van der Waals surface area contributed by atoms with Gasteiger partial charge >= 0.3 is 0 Å². The fourth-order valence-corrected chi connectivity index (χ4v) is 3.43. The monoisotopic (exact) mass is 349 g/mol. The zero-order valence-electron chi connectivity index (χ0n) is 14.7. The van der Waals surface area contributed by atoms with E-state index in [-0.39, 0.29) is 11.9 Å². The van der Waals surface area contributed by atoms with Crippen molar-refractivity contribution < 1.29 is 14.3 Å². The van der Waals surface area contributed by atoms with Gasteiger partial charge in [-0.15, -0.1) is 0 Å². The lowest BCUT2D eigenvalue weighted by Crippen LogP contribution is -2.27. The molecule has 2 aromatic carbocycles. The molecule has 0 radical (unpaired) electrons. The van der Waals surface area contributed by atoms with Gasteiger partial charge in [0.1, 0.15) is 0 Å². The van der Waals surface area contributed by atoms with E-state index in [2.05, 4.69) is 15.3 Å². The van der Waals surface area contributed by atoms with Crippen molar-refractivity contribution in [3.8, 4) is 11.5 Å². The first-order chi connectivity index (χ1) is 12.7. The number of benzene rings is 2. The lowest BCUT2D eigenvalue weighted by atomic mass is 10.1. The van der Waals surface area contributed by atoms with E-state index < -0.39 is 0 Å². The van der Waals surface area contributed by atoms with E-state index in [1.807, 2.05) is 18.2 Å². The van der Waals surface area contributed by atoms with E-state index >= 15 is 0 Å². The molecule has 6 heteroatoms. The highest BCUT2D eigenvalue weighted by Gasteiger charge is 2.26. The Bertz CT molecular complexity index is 987. The molecule has 0 spiro atoms. The largest absolute Gasteiger partial charge is 0.493 e. The number of nitrogens with zero attached hydrogens (tertiary/aromatic N) is 2. The zero-order valence-corrected chi connectivity index (χ0v) is 14.7. The molecule has 1 N–H and O–H groups in total. The maximum absolute atomic E-state index is 12.7. The highest BCUT2D eigenvalue weighted by Crippen LogP contribution is 2.39. The number of carbonyl (C=O) groups excluding carboxylic acids is 1. The van der Waals surface area contributed by atoms with Crippen LogP contribution in [0.25, 0.3) is 11.0 Å². The lowest BCUT2D eigenvalue weighted by molar-refractivity contribution is 0.0937. The van der Waals surface area contributed by atoms with Crippen LogP contribution in [0, 0.1) is 0 Å². The lowest BCUT2D eigenvalue weighted by Gasteiger charge is -2.16. The summed E-state index contributed by atoms with van der Waals surface area (Å²) in [5, 5.41) is 3.12. The Balaban J connectivity index is 1.59. The number of amides is 1. The summed E-state index contributed by atoms with van der Waals surface area (Å²) in [6.45, 7) is 0. The van der Waals surface area contributed by atoms with Crippen LogP contribution >= 0.6 is 0 Å². The van der Waals surface area contributed by atoms with Gasteiger partial charge in [-0.1, -0.05) is 0 Å². The number of methoxy groups -OCH3 is 2. The number of aryl methyl sites for hydroxylation is 1. The van der Waals surface area contributed by atoms with E-state index in [0.29, 0.717) is 22.6 Å². The average molecular weight is 349 g/mol. The smallest absolute Gasteiger partial charge is 0.251 e. The summed E-state index contributed by atoms with van der Waals surface area (Å²) in [7, 11) is 3.24. The molecule has 26 heavy (non-hydrogen) atoms. The fraction of sp³-hybridized carbons (Fsp3) is 0.250. The highest BCUT2D eigenvalue weighted by atomic mass is 16.5. The predicted octanol–water partition coefficient (Wildman–Crippen LogP) is 3.06. The highest BCUT2D eigenvalue weighted by molar-refractivity contribution is 5.97. The minimum atomic E-state index is -0.120. The summed E-state index contributed by atoms with van der Waals surface area (Å²) in [6, 6.07) is 9.26. The number of fused-ring (bicyclic) bond motifs is 2. The first-order valence-electron chi connectivity index (χ1n) is 8.46. The van der Waals surface area contributed by atoms with Crippen LogP contribution in [-0.4, -0.2) is 30.1 Å². The molecule has 1 aliphatic carbocycles. The Morgan fingerprint density at radius 1 is 1.04 bits per heavy atom. The van der Waals surface area contributed by atoms with Gasteiger partial charge in [-0.05, 0) is 54.3 Å². The number of nitrogens with one attached hydrogen (secondary N) is 1. The summed E-state index contributed by atoms with van der Waals surface area (Å²) in [4.78, 5) is 21.2. The maximum atomic E-state index is 12.7. The van der Waals surface area contributed by atoms with Crippen LogP contribution in [0.1, 0.15) is 33.9 Å². The number of hydrogen-bond donors (Lipinski definition) is 1. The van der Waals surface area contributed by atoms with Crippen LogP contribution in [0.15, 0.2) is 42.7 Å². The molecule has 1 aromatic heterocycles. The number of ether oxygens (including phenoxy) is 2. The molecule has 4 rings (SSSR count). The summed E-state index contributed by atoms with van der Waals surface area (Å²) < 4.78 is 10.8. The van der Waals surface area contributed by atoms with Gasteiger partial charge in [0.05, 0.1) is 31.3 Å². The standard InChI is InChI=1S/C20H19N3O3/c1-25-18-10-12-3-5-15(14(12)11-19(18)26-2)23-20(24)13-4-6-16-17(9-13)22-8-7-21-16/h4,6-11,15H,3,5H2,1-2H3,(H,23,24)/t15-/m1/s1. The minimum Gasteiger partial charge on any atom is -0.493 e. The van der Waals surface area contributed by atoms with Gasteiger partial charge < -0.3 is 14.8 Å². The minimum absolute atomic E-state index is 0.0464. The van der Waals surface area contributed by atoms with E-state index in [0.717, 1.165) is 23.9 Å². The second-order valence-corrected chi connectivity index (χ2v) is 6.23. The van der Waals surface area contributed by atoms with Gasteiger partial charge in [0.15, 0.2) is 11.5 Å². The second-order valence-electron chi connectivity index (χ2n) is 6.23. The maximum Gasteiger partial charge on any atom is 0.251 e. The molecule has 0 aliphatic heterocycles. The topological polar surface area (TPSA) is 73.3 Å². The van der Waals surface area contributed by atoms with E-state index in [9.17, 15) is 4.79 Å². The van der Waals surface area contributed by atoms with Crippen molar-refractivity contribution in [2.24, 2.45) is 0 Å². The summed E-state index contributed by atoms with van der Waals surface area (Å²) in [6.07, 6.45) is 5.00. The van der Waals surface area contributed by atoms with Crippen molar-refractivity contribution in [3.63, 3.8) is 0 Å². The van der Waals surface area contributed by atoms with Crippen LogP contribution in [0.5, 0.6) is 11.5 Å². The summed E-state index contributed by atoms with van der Waals surface area (Å²) >= 11 is 0. The van der Waals surface area contributed by atoms with Gasteiger partial charge in [-0.3, -0.25) is 14.8 Å². The molecule has 0 saturated heterocycles. The van der Waals surface area contributed by atoms with Crippen LogP contribution in [0.2, 0.25) is 0 Å². The van der Waals surface area contributed by atoms with Crippen LogP contribution < -0.4 is 14.8 Å². The number of hydrogen-bond acceptors (Lipinski definition) is 5. The quantitative estimate of drug-likeness (QED) is 0.784. The summed E-state index contributed by atoms with van der Waals surface area (Å²) in [5.41, 5.74) is 4.31. The fourth-order valence-electron chi connectivity index (χ4n) is 3.43. The third-order valence-corrected chi connectivity index (χ3v) is 4.76. The van der Waals surface area contributed by atoms with Gasteiger partial charge in [0.25, 0.3) is 5.91 Å². The van der Waals surface area contributed by atoms with Gasteiger partial charge in [0, 0.05) is 18.0 Å². The number of carbonyl (C=O) groups is 1. The zero-order chi connectivity index (χ0) is 18.1. The third kappa shape index (κ3) is 2.83. The van der Waals surface area contributed by atoms with E-state index in [1.54, 1.807) is 38.7 Å². The van der Waals surface area contributed by atoms with Crippen LogP contribution in [-0.2, 0) is 6.42 Å². The molecule has 1 heterocycles. The summed E-state index contributed by atoms with van der Waals surface area (Å²) in [5.74, 6) is 1.27. The third-order valence-electron chi connectivity index (χ3n) is 4.76. The predicted molar refractivity (Wildman–Crippen MR) is 97.6 cm³/mol. The van der Waals surface area contributed by atoms with Crippen molar-refractivity contribution in [3.05, 3.63) is 59.4 Å². The number of aromatic nitrogens is 2. The Labute approximate surface area is 151 Å². The van der Waals surface area contributed by atoms with Crippen molar-refractivity contribution in [2.75, 3.05) is 14.2 Å². The first-order valence-corrected chi connectivity index (χ1v) is 8.46. The molecule has 0 saturated carbocycles. The molecule has 0 unspecified atom stereocenters. The Kier molecular flexibility index (Phi) is 4.16. The normalized spacial score (nSPS) is 15.5. The molecule has 0 bridgehead atoms. The van der Waals surface area contributed by atoms with E-state index in [4.69, 9.17) is 9.47 Å². The second kappa shape index (κ2) is 6.63. The molecule has 1 aliphatic rings. The van der Waals surface area contributed by atoms with Crippen molar-refractivity contribution in [1.29, 1.82) is 0 Å². The van der Waals surface area contributed by atoms with Crippen molar-refractivity contribution in [2.45, 2.75) is 18.9 Å². The van der Waals surface area contributed by atoms with Crippen LogP contribution in [0.4, 0.5) is 0 Å². The Morgan fingerprint density at radius 2 is 1.77 bits per heavy atom. The van der Waals surface area contributed by atoms with Crippen LogP contribution in [0.3, 0.4) is 0 Å². The molecular weight excluding hydrogens is 330 g/mol. The Hall–Kier alpha value is -3.15. The molecule has 6 nitrogen and oxygen atoms in total. The van der Waals surface area contributed by atoms with Gasteiger partial charge in [-0.2, -0.15) is 0 Å². The van der Waals surface area contributed by atoms with Crippen molar-refractivity contribution in [1.82, 2.24) is 15.3 Å². The van der Waals surface area contributed by atoms with E-state index in [1.165, 1.54) is 5.56 Å². The molecule has 1 amide bonds. The average Bonchev–Trinajstić information content (AvgIpc) is 3.08. The van der Waals surface area contributed by atoms with Crippen molar-refractivity contribution >= 4 is 16.9 Å². The molecule has 0 fully saturated rings. The Morgan fingerprint density at radius 3 is 2.54 bits per heavy atom. The van der Waals surface area contributed by atoms with Gasteiger partial charge in [0.2, 0.25) is 0 Å². The number of rotatable bonds is 4.